The van der Waals surface area contributed by atoms with Crippen molar-refractivity contribution in [1.29, 1.82) is 0 Å². The van der Waals surface area contributed by atoms with Gasteiger partial charge in [-0.15, -0.1) is 0 Å². The van der Waals surface area contributed by atoms with Gasteiger partial charge in [-0.3, -0.25) is 5.10 Å². The summed E-state index contributed by atoms with van der Waals surface area (Å²) in [7, 11) is 1.88. The molecule has 0 radical (unpaired) electrons. The minimum atomic E-state index is -0.124. The lowest BCUT2D eigenvalue weighted by Crippen LogP contribution is -2.20. The van der Waals surface area contributed by atoms with Crippen molar-refractivity contribution in [2.24, 2.45) is 7.05 Å². The first-order chi connectivity index (χ1) is 14.1. The van der Waals surface area contributed by atoms with Crippen molar-refractivity contribution in [3.8, 4) is 17.0 Å². The van der Waals surface area contributed by atoms with Gasteiger partial charge in [-0.1, -0.05) is 6.07 Å². The van der Waals surface area contributed by atoms with Crippen LogP contribution in [0.25, 0.3) is 34.2 Å². The number of hydrogen-bond acceptors (Lipinski definition) is 6. The van der Waals surface area contributed by atoms with E-state index in [1.54, 1.807) is 4.68 Å². The van der Waals surface area contributed by atoms with Gasteiger partial charge in [0.15, 0.2) is 0 Å². The highest BCUT2D eigenvalue weighted by atomic mass is 32.1. The molecule has 0 saturated heterocycles. The zero-order valence-corrected chi connectivity index (χ0v) is 17.3. The number of nitrogens with one attached hydrogen (secondary N) is 1. The molecule has 3 aromatic heterocycles. The highest BCUT2D eigenvalue weighted by molar-refractivity contribution is 7.06. The van der Waals surface area contributed by atoms with Crippen molar-refractivity contribution in [1.82, 2.24) is 24.4 Å². The number of nitrogens with zero attached hydrogens (tertiary/aromatic N) is 4. The van der Waals surface area contributed by atoms with Gasteiger partial charge in [0.2, 0.25) is 5.88 Å². The van der Waals surface area contributed by atoms with Gasteiger partial charge in [-0.05, 0) is 55.2 Å². The standard InChI is InChI=1S/C21H21N5O2S/c1-12-10-27-11-20-15(13(2)29-25-20)5-7-19-16-8-14(4-6-18(16)23-24-19)17-9-22-26(3)21(17)28-12/h4-9,12H,10-11H2,1-3H3,(H,23,24)/b7-5+/t12-/m0/s1. The number of hydrogen-bond donors (Lipinski definition) is 1. The highest BCUT2D eigenvalue weighted by Gasteiger charge is 2.18. The third kappa shape index (κ3) is 3.24. The summed E-state index contributed by atoms with van der Waals surface area (Å²) < 4.78 is 18.4. The lowest BCUT2D eigenvalue weighted by Gasteiger charge is -2.16. The second-order valence-electron chi connectivity index (χ2n) is 7.23. The molecule has 2 bridgehead atoms. The van der Waals surface area contributed by atoms with E-state index in [2.05, 4.69) is 44.8 Å². The molecule has 29 heavy (non-hydrogen) atoms. The summed E-state index contributed by atoms with van der Waals surface area (Å²) in [5.74, 6) is 0.723. The zero-order valence-electron chi connectivity index (χ0n) is 16.5. The summed E-state index contributed by atoms with van der Waals surface area (Å²) in [4.78, 5) is 1.16. The Bertz CT molecular complexity index is 1220. The molecule has 1 N–H and O–H groups in total. The minimum Gasteiger partial charge on any atom is -0.472 e. The van der Waals surface area contributed by atoms with Crippen LogP contribution in [0.2, 0.25) is 0 Å². The SMILES string of the molecule is Cc1snc2c1/C=C/c1[nH]nc3ccc(cc13)-c1cnn(C)c1O[C@@H](C)COC2. The second kappa shape index (κ2) is 7.13. The van der Waals surface area contributed by atoms with Crippen molar-refractivity contribution in [2.45, 2.75) is 26.6 Å². The zero-order chi connectivity index (χ0) is 20.0. The maximum Gasteiger partial charge on any atom is 0.219 e. The van der Waals surface area contributed by atoms with E-state index < -0.39 is 0 Å². The van der Waals surface area contributed by atoms with Crippen LogP contribution in [0.4, 0.5) is 0 Å². The van der Waals surface area contributed by atoms with E-state index in [-0.39, 0.29) is 6.10 Å². The summed E-state index contributed by atoms with van der Waals surface area (Å²) >= 11 is 1.49. The summed E-state index contributed by atoms with van der Waals surface area (Å²) in [6.07, 6.45) is 5.86. The van der Waals surface area contributed by atoms with Gasteiger partial charge in [0.25, 0.3) is 0 Å². The van der Waals surface area contributed by atoms with Gasteiger partial charge in [0, 0.05) is 22.9 Å². The molecule has 1 atom stereocenters. The summed E-state index contributed by atoms with van der Waals surface area (Å²) in [5.41, 5.74) is 5.90. The lowest BCUT2D eigenvalue weighted by atomic mass is 10.0. The molecule has 4 heterocycles. The van der Waals surface area contributed by atoms with Crippen molar-refractivity contribution >= 4 is 34.6 Å². The highest BCUT2D eigenvalue weighted by Crippen LogP contribution is 2.33. The topological polar surface area (TPSA) is 77.9 Å². The number of rotatable bonds is 0. The molecular weight excluding hydrogens is 386 g/mol. The minimum absolute atomic E-state index is 0.124. The summed E-state index contributed by atoms with van der Waals surface area (Å²) in [6, 6.07) is 6.19. The third-order valence-electron chi connectivity index (χ3n) is 5.08. The fraction of sp³-hybridized carbons (Fsp3) is 0.286. The maximum absolute atomic E-state index is 6.20. The Morgan fingerprint density at radius 1 is 1.28 bits per heavy atom. The maximum atomic E-state index is 6.20. The van der Waals surface area contributed by atoms with Gasteiger partial charge < -0.3 is 9.47 Å². The number of aryl methyl sites for hydroxylation is 2. The van der Waals surface area contributed by atoms with Crippen LogP contribution in [-0.4, -0.2) is 37.1 Å². The van der Waals surface area contributed by atoms with Crippen LogP contribution in [0.3, 0.4) is 0 Å². The van der Waals surface area contributed by atoms with Crippen molar-refractivity contribution in [3.63, 3.8) is 0 Å². The molecule has 0 aliphatic carbocycles. The summed E-state index contributed by atoms with van der Waals surface area (Å²) in [5, 5.41) is 13.0. The Labute approximate surface area is 172 Å². The quantitative estimate of drug-likeness (QED) is 0.473. The number of aromatic amines is 1. The van der Waals surface area contributed by atoms with Crippen LogP contribution in [0.15, 0.2) is 24.4 Å². The Balaban J connectivity index is 1.68. The molecule has 0 saturated carbocycles. The Kier molecular flexibility index (Phi) is 4.44. The van der Waals surface area contributed by atoms with Gasteiger partial charge in [-0.25, -0.2) is 4.68 Å². The fourth-order valence-corrected chi connectivity index (χ4v) is 4.23. The first-order valence-corrected chi connectivity index (χ1v) is 10.3. The molecule has 0 spiro atoms. The lowest BCUT2D eigenvalue weighted by molar-refractivity contribution is 0.0446. The molecule has 8 heteroatoms. The molecule has 0 fully saturated rings. The predicted molar refractivity (Wildman–Crippen MR) is 114 cm³/mol. The fourth-order valence-electron chi connectivity index (χ4n) is 3.54. The largest absolute Gasteiger partial charge is 0.472 e. The van der Waals surface area contributed by atoms with Crippen LogP contribution >= 0.6 is 11.5 Å². The second-order valence-corrected chi connectivity index (χ2v) is 8.21. The van der Waals surface area contributed by atoms with Gasteiger partial charge in [0.1, 0.15) is 6.10 Å². The molecule has 0 amide bonds. The van der Waals surface area contributed by atoms with Crippen molar-refractivity contribution in [2.75, 3.05) is 6.61 Å². The van der Waals surface area contributed by atoms with E-state index in [1.807, 2.05) is 32.3 Å². The average Bonchev–Trinajstić information content (AvgIpc) is 3.38. The summed E-state index contributed by atoms with van der Waals surface area (Å²) in [6.45, 7) is 4.99. The van der Waals surface area contributed by atoms with Crippen molar-refractivity contribution < 1.29 is 9.47 Å². The van der Waals surface area contributed by atoms with Gasteiger partial charge in [0.05, 0.1) is 41.9 Å². The van der Waals surface area contributed by atoms with Crippen LogP contribution in [0.1, 0.15) is 28.8 Å². The monoisotopic (exact) mass is 407 g/mol. The molecule has 1 aromatic carbocycles. The Morgan fingerprint density at radius 3 is 3.07 bits per heavy atom. The van der Waals surface area contributed by atoms with E-state index in [0.717, 1.165) is 49.7 Å². The van der Waals surface area contributed by atoms with E-state index in [4.69, 9.17) is 9.47 Å². The van der Waals surface area contributed by atoms with Crippen molar-refractivity contribution in [3.05, 3.63) is 46.2 Å². The molecule has 1 aliphatic rings. The first kappa shape index (κ1) is 18.1. The molecule has 148 valence electrons. The Hall–Kier alpha value is -2.97. The predicted octanol–water partition coefficient (Wildman–Crippen LogP) is 4.20. The van der Waals surface area contributed by atoms with E-state index >= 15 is 0 Å². The number of benzene rings is 1. The number of H-pyrrole nitrogens is 1. The van der Waals surface area contributed by atoms with E-state index in [9.17, 15) is 0 Å². The molecule has 4 aromatic rings. The smallest absolute Gasteiger partial charge is 0.219 e. The van der Waals surface area contributed by atoms with Gasteiger partial charge >= 0.3 is 0 Å². The van der Waals surface area contributed by atoms with E-state index in [1.165, 1.54) is 11.5 Å². The first-order valence-electron chi connectivity index (χ1n) is 9.48. The average molecular weight is 407 g/mol. The third-order valence-corrected chi connectivity index (χ3v) is 5.89. The normalized spacial score (nSPS) is 18.0. The van der Waals surface area contributed by atoms with E-state index in [0.29, 0.717) is 13.2 Å². The number of aromatic nitrogens is 5. The molecule has 1 aliphatic heterocycles. The molecular formula is C21H21N5O2S. The number of ether oxygens (including phenoxy) is 2. The molecule has 7 nitrogen and oxygen atoms in total. The van der Waals surface area contributed by atoms with Crippen LogP contribution < -0.4 is 4.74 Å². The van der Waals surface area contributed by atoms with Crippen LogP contribution in [-0.2, 0) is 18.4 Å². The molecule has 5 rings (SSSR count). The number of fused-ring (bicyclic) bond motifs is 4. The van der Waals surface area contributed by atoms with Crippen LogP contribution in [0.5, 0.6) is 5.88 Å². The van der Waals surface area contributed by atoms with Gasteiger partial charge in [-0.2, -0.15) is 14.6 Å². The molecule has 0 unspecified atom stereocenters. The van der Waals surface area contributed by atoms with Crippen LogP contribution in [0, 0.1) is 6.92 Å². The Morgan fingerprint density at radius 2 is 2.17 bits per heavy atom.